The number of benzene rings is 1. The minimum Gasteiger partial charge on any atom is -0.459 e. The van der Waals surface area contributed by atoms with Gasteiger partial charge in [0, 0.05) is 39.3 Å². The van der Waals surface area contributed by atoms with Gasteiger partial charge in [-0.2, -0.15) is 13.2 Å². The normalized spacial score (nSPS) is 20.3. The molecule has 1 unspecified atom stereocenters. The van der Waals surface area contributed by atoms with Crippen molar-refractivity contribution in [3.63, 3.8) is 0 Å². The van der Waals surface area contributed by atoms with Crippen LogP contribution in [0.3, 0.4) is 0 Å². The third-order valence-electron chi connectivity index (χ3n) is 5.90. The number of likely N-dealkylation sites (tertiary alicyclic amines) is 1. The summed E-state index contributed by atoms with van der Waals surface area (Å²) in [5.41, 5.74) is 0.149. The summed E-state index contributed by atoms with van der Waals surface area (Å²) in [5.74, 6) is -0.0746. The van der Waals surface area contributed by atoms with Gasteiger partial charge in [0.1, 0.15) is 6.04 Å². The SMILES string of the molecule is O=C(C1CCCN1C(=O)c1ccco1)N1CCN(Cc2ccc(C(F)(F)F)cc2)CC1. The number of amides is 2. The van der Waals surface area contributed by atoms with Gasteiger partial charge in [0.05, 0.1) is 11.8 Å². The third-order valence-corrected chi connectivity index (χ3v) is 5.90. The largest absolute Gasteiger partial charge is 0.459 e. The summed E-state index contributed by atoms with van der Waals surface area (Å²) in [7, 11) is 0. The molecule has 6 nitrogen and oxygen atoms in total. The fourth-order valence-corrected chi connectivity index (χ4v) is 4.20. The summed E-state index contributed by atoms with van der Waals surface area (Å²) in [6.45, 7) is 3.38. The van der Waals surface area contributed by atoms with Crippen LogP contribution in [-0.2, 0) is 17.5 Å². The maximum Gasteiger partial charge on any atom is 0.416 e. The molecule has 1 aromatic carbocycles. The van der Waals surface area contributed by atoms with Crippen LogP contribution in [0.1, 0.15) is 34.5 Å². The lowest BCUT2D eigenvalue weighted by molar-refractivity contribution is -0.138. The van der Waals surface area contributed by atoms with Gasteiger partial charge in [-0.1, -0.05) is 12.1 Å². The van der Waals surface area contributed by atoms with Gasteiger partial charge in [-0.05, 0) is 42.7 Å². The molecule has 31 heavy (non-hydrogen) atoms. The van der Waals surface area contributed by atoms with Crippen molar-refractivity contribution in [2.75, 3.05) is 32.7 Å². The number of rotatable bonds is 4. The zero-order chi connectivity index (χ0) is 22.0. The molecular formula is C22H24F3N3O3. The molecule has 1 atom stereocenters. The molecule has 0 bridgehead atoms. The number of piperazine rings is 1. The number of furan rings is 1. The molecule has 0 N–H and O–H groups in total. The summed E-state index contributed by atoms with van der Waals surface area (Å²) in [6, 6.07) is 7.96. The average molecular weight is 435 g/mol. The minimum absolute atomic E-state index is 0.0495. The van der Waals surface area contributed by atoms with Gasteiger partial charge < -0.3 is 14.2 Å². The Balaban J connectivity index is 1.31. The molecule has 2 aliphatic heterocycles. The van der Waals surface area contributed by atoms with E-state index in [0.717, 1.165) is 24.1 Å². The predicted octanol–water partition coefficient (Wildman–Crippen LogP) is 3.25. The van der Waals surface area contributed by atoms with Gasteiger partial charge in [0.25, 0.3) is 5.91 Å². The van der Waals surface area contributed by atoms with Crippen molar-refractivity contribution in [1.29, 1.82) is 0 Å². The number of hydrogen-bond donors (Lipinski definition) is 0. The van der Waals surface area contributed by atoms with Gasteiger partial charge in [0.15, 0.2) is 5.76 Å². The van der Waals surface area contributed by atoms with E-state index in [1.807, 2.05) is 0 Å². The molecule has 2 amide bonds. The molecule has 2 aromatic rings. The Morgan fingerprint density at radius 2 is 1.71 bits per heavy atom. The van der Waals surface area contributed by atoms with Crippen molar-refractivity contribution < 1.29 is 27.2 Å². The Morgan fingerprint density at radius 1 is 1.00 bits per heavy atom. The number of halogens is 3. The highest BCUT2D eigenvalue weighted by Gasteiger charge is 2.38. The molecular weight excluding hydrogens is 411 g/mol. The summed E-state index contributed by atoms with van der Waals surface area (Å²) in [5, 5.41) is 0. The number of carbonyl (C=O) groups excluding carboxylic acids is 2. The van der Waals surface area contributed by atoms with Gasteiger partial charge in [-0.25, -0.2) is 0 Å². The molecule has 0 spiro atoms. The maximum absolute atomic E-state index is 13.1. The Hall–Kier alpha value is -2.81. The van der Waals surface area contributed by atoms with E-state index in [1.54, 1.807) is 21.9 Å². The first-order chi connectivity index (χ1) is 14.8. The Morgan fingerprint density at radius 3 is 2.32 bits per heavy atom. The highest BCUT2D eigenvalue weighted by Crippen LogP contribution is 2.29. The van der Waals surface area contributed by atoms with Crippen LogP contribution in [0.25, 0.3) is 0 Å². The topological polar surface area (TPSA) is 57.0 Å². The second kappa shape index (κ2) is 8.74. The lowest BCUT2D eigenvalue weighted by Crippen LogP contribution is -2.54. The summed E-state index contributed by atoms with van der Waals surface area (Å²) >= 11 is 0. The molecule has 2 fully saturated rings. The number of hydrogen-bond acceptors (Lipinski definition) is 4. The lowest BCUT2D eigenvalue weighted by atomic mass is 10.1. The Bertz CT molecular complexity index is 904. The first-order valence-corrected chi connectivity index (χ1v) is 10.3. The Kier molecular flexibility index (Phi) is 6.04. The highest BCUT2D eigenvalue weighted by atomic mass is 19.4. The first-order valence-electron chi connectivity index (χ1n) is 10.3. The van der Waals surface area contributed by atoms with Crippen molar-refractivity contribution in [2.45, 2.75) is 31.6 Å². The molecule has 2 saturated heterocycles. The van der Waals surface area contributed by atoms with E-state index in [0.29, 0.717) is 45.7 Å². The standard InChI is InChI=1S/C22H24F3N3O3/c23-22(24,25)17-7-5-16(6-8-17)15-26-10-12-27(13-11-26)20(29)18-3-1-9-28(18)21(30)19-4-2-14-31-19/h2,4-8,14,18H,1,3,9-13,15H2. The molecule has 3 heterocycles. The monoisotopic (exact) mass is 435 g/mol. The highest BCUT2D eigenvalue weighted by molar-refractivity contribution is 5.96. The smallest absolute Gasteiger partial charge is 0.416 e. The number of carbonyl (C=O) groups is 2. The van der Waals surface area contributed by atoms with E-state index in [1.165, 1.54) is 18.4 Å². The zero-order valence-electron chi connectivity index (χ0n) is 17.0. The van der Waals surface area contributed by atoms with Gasteiger partial charge >= 0.3 is 6.18 Å². The first kappa shape index (κ1) is 21.4. The van der Waals surface area contributed by atoms with Crippen molar-refractivity contribution >= 4 is 11.8 Å². The van der Waals surface area contributed by atoms with Crippen LogP contribution >= 0.6 is 0 Å². The number of nitrogens with zero attached hydrogens (tertiary/aromatic N) is 3. The second-order valence-corrected chi connectivity index (χ2v) is 7.93. The van der Waals surface area contributed by atoms with E-state index in [9.17, 15) is 22.8 Å². The third kappa shape index (κ3) is 4.76. The molecule has 9 heteroatoms. The predicted molar refractivity (Wildman–Crippen MR) is 106 cm³/mol. The van der Waals surface area contributed by atoms with Crippen molar-refractivity contribution in [2.24, 2.45) is 0 Å². The maximum atomic E-state index is 13.1. The lowest BCUT2D eigenvalue weighted by Gasteiger charge is -2.37. The van der Waals surface area contributed by atoms with Crippen LogP contribution in [0.2, 0.25) is 0 Å². The van der Waals surface area contributed by atoms with Crippen LogP contribution in [0, 0.1) is 0 Å². The van der Waals surface area contributed by atoms with E-state index in [4.69, 9.17) is 4.42 Å². The molecule has 2 aliphatic rings. The van der Waals surface area contributed by atoms with Crippen LogP contribution in [0.5, 0.6) is 0 Å². The van der Waals surface area contributed by atoms with E-state index < -0.39 is 17.8 Å². The van der Waals surface area contributed by atoms with Crippen LogP contribution in [0.4, 0.5) is 13.2 Å². The van der Waals surface area contributed by atoms with Crippen LogP contribution in [-0.4, -0.2) is 65.3 Å². The molecule has 0 radical (unpaired) electrons. The molecule has 0 aliphatic carbocycles. The quantitative estimate of drug-likeness (QED) is 0.740. The summed E-state index contributed by atoms with van der Waals surface area (Å²) < 4.78 is 43.3. The van der Waals surface area contributed by atoms with Gasteiger partial charge in [-0.3, -0.25) is 14.5 Å². The number of alkyl halides is 3. The zero-order valence-corrected chi connectivity index (χ0v) is 17.0. The van der Waals surface area contributed by atoms with Gasteiger partial charge in [0.2, 0.25) is 5.91 Å². The molecule has 4 rings (SSSR count). The van der Waals surface area contributed by atoms with Crippen LogP contribution in [0.15, 0.2) is 47.1 Å². The molecule has 1 aromatic heterocycles. The van der Waals surface area contributed by atoms with Crippen LogP contribution < -0.4 is 0 Å². The molecule has 166 valence electrons. The average Bonchev–Trinajstić information content (AvgIpc) is 3.45. The molecule has 0 saturated carbocycles. The van der Waals surface area contributed by atoms with Crippen molar-refractivity contribution in [3.05, 3.63) is 59.5 Å². The fourth-order valence-electron chi connectivity index (χ4n) is 4.20. The Labute approximate surface area is 178 Å². The van der Waals surface area contributed by atoms with E-state index in [2.05, 4.69) is 4.90 Å². The van der Waals surface area contributed by atoms with E-state index in [-0.39, 0.29) is 17.6 Å². The minimum atomic E-state index is -4.34. The second-order valence-electron chi connectivity index (χ2n) is 7.93. The summed E-state index contributed by atoms with van der Waals surface area (Å²) in [6.07, 6.45) is -1.49. The summed E-state index contributed by atoms with van der Waals surface area (Å²) in [4.78, 5) is 31.2. The van der Waals surface area contributed by atoms with E-state index >= 15 is 0 Å². The fraction of sp³-hybridized carbons (Fsp3) is 0.455. The van der Waals surface area contributed by atoms with Gasteiger partial charge in [-0.15, -0.1) is 0 Å². The van der Waals surface area contributed by atoms with Crippen molar-refractivity contribution in [3.8, 4) is 0 Å². The van der Waals surface area contributed by atoms with Crippen molar-refractivity contribution in [1.82, 2.24) is 14.7 Å².